The second-order valence-corrected chi connectivity index (χ2v) is 6.35. The number of nitrogens with one attached hydrogen (secondary N) is 3. The topological polar surface area (TPSA) is 56.9 Å². The van der Waals surface area contributed by atoms with Crippen LogP contribution in [0.3, 0.4) is 0 Å². The third kappa shape index (κ3) is 2.62. The van der Waals surface area contributed by atoms with Crippen LogP contribution in [0.2, 0.25) is 10.2 Å². The Morgan fingerprint density at radius 2 is 2.21 bits per heavy atom. The first kappa shape index (κ1) is 13.3. The minimum atomic E-state index is -0.129. The van der Waals surface area contributed by atoms with Gasteiger partial charge < -0.3 is 15.6 Å². The Balaban J connectivity index is 1.63. The highest BCUT2D eigenvalue weighted by Gasteiger charge is 2.41. The summed E-state index contributed by atoms with van der Waals surface area (Å²) in [5, 5.41) is 7.35. The number of rotatable bonds is 2. The average Bonchev–Trinajstić information content (AvgIpc) is 2.68. The van der Waals surface area contributed by atoms with Crippen LogP contribution in [-0.4, -0.2) is 29.0 Å². The molecule has 1 aromatic rings. The van der Waals surface area contributed by atoms with E-state index in [1.165, 1.54) is 19.3 Å². The van der Waals surface area contributed by atoms with E-state index in [2.05, 4.69) is 15.6 Å². The molecule has 1 atom stereocenters. The summed E-state index contributed by atoms with van der Waals surface area (Å²) in [6.45, 7) is 0.969. The fraction of sp³-hybridized carbons (Fsp3) is 0.615. The first-order chi connectivity index (χ1) is 9.08. The van der Waals surface area contributed by atoms with Crippen LogP contribution >= 0.6 is 23.2 Å². The molecule has 0 aromatic carbocycles. The number of hydrogen-bond acceptors (Lipinski definition) is 2. The van der Waals surface area contributed by atoms with Crippen molar-refractivity contribution in [2.24, 2.45) is 0 Å². The molecule has 1 aliphatic heterocycles. The zero-order valence-electron chi connectivity index (χ0n) is 10.6. The second-order valence-electron chi connectivity index (χ2n) is 5.57. The minimum absolute atomic E-state index is 0.129. The van der Waals surface area contributed by atoms with Crippen LogP contribution in [0.25, 0.3) is 0 Å². The fourth-order valence-corrected chi connectivity index (χ4v) is 3.37. The number of amides is 1. The lowest BCUT2D eigenvalue weighted by atomic mass is 9.70. The maximum atomic E-state index is 12.1. The SMILES string of the molecule is O=C(NC1CCNC2(CCC2)C1)c1cc(Cl)c(Cl)[nH]1. The van der Waals surface area contributed by atoms with E-state index < -0.39 is 0 Å². The van der Waals surface area contributed by atoms with Gasteiger partial charge in [-0.25, -0.2) is 0 Å². The van der Waals surface area contributed by atoms with Crippen molar-refractivity contribution in [3.05, 3.63) is 21.9 Å². The predicted molar refractivity (Wildman–Crippen MR) is 75.9 cm³/mol. The summed E-state index contributed by atoms with van der Waals surface area (Å²) in [4.78, 5) is 14.9. The van der Waals surface area contributed by atoms with Gasteiger partial charge in [-0.1, -0.05) is 23.2 Å². The molecule has 19 heavy (non-hydrogen) atoms. The first-order valence-corrected chi connectivity index (χ1v) is 7.43. The van der Waals surface area contributed by atoms with Gasteiger partial charge in [0.2, 0.25) is 0 Å². The maximum Gasteiger partial charge on any atom is 0.268 e. The molecule has 6 heteroatoms. The molecule has 3 N–H and O–H groups in total. The third-order valence-electron chi connectivity index (χ3n) is 4.25. The predicted octanol–water partition coefficient (Wildman–Crippen LogP) is 2.73. The molecule has 1 saturated heterocycles. The number of carbonyl (C=O) groups is 1. The molecule has 0 bridgehead atoms. The highest BCUT2D eigenvalue weighted by molar-refractivity contribution is 6.41. The van der Waals surface area contributed by atoms with Gasteiger partial charge in [-0.2, -0.15) is 0 Å². The molecule has 2 heterocycles. The number of piperidine rings is 1. The van der Waals surface area contributed by atoms with E-state index in [9.17, 15) is 4.79 Å². The van der Waals surface area contributed by atoms with Crippen LogP contribution in [0, 0.1) is 0 Å². The van der Waals surface area contributed by atoms with Gasteiger partial charge in [-0.05, 0) is 44.7 Å². The lowest BCUT2D eigenvalue weighted by molar-refractivity contribution is 0.0849. The number of hydrogen-bond donors (Lipinski definition) is 3. The van der Waals surface area contributed by atoms with Crippen molar-refractivity contribution >= 4 is 29.1 Å². The average molecular weight is 302 g/mol. The van der Waals surface area contributed by atoms with Crippen molar-refractivity contribution in [3.63, 3.8) is 0 Å². The lowest BCUT2D eigenvalue weighted by Gasteiger charge is -2.48. The zero-order valence-corrected chi connectivity index (χ0v) is 12.1. The summed E-state index contributed by atoms with van der Waals surface area (Å²) in [5.74, 6) is -0.129. The van der Waals surface area contributed by atoms with Crippen molar-refractivity contribution in [1.82, 2.24) is 15.6 Å². The monoisotopic (exact) mass is 301 g/mol. The Morgan fingerprint density at radius 1 is 1.42 bits per heavy atom. The Kier molecular flexibility index (Phi) is 3.50. The van der Waals surface area contributed by atoms with Gasteiger partial charge in [0.05, 0.1) is 5.02 Å². The highest BCUT2D eigenvalue weighted by atomic mass is 35.5. The van der Waals surface area contributed by atoms with Crippen LogP contribution in [-0.2, 0) is 0 Å². The van der Waals surface area contributed by atoms with Crippen molar-refractivity contribution in [1.29, 1.82) is 0 Å². The minimum Gasteiger partial charge on any atom is -0.348 e. The Morgan fingerprint density at radius 3 is 2.79 bits per heavy atom. The van der Waals surface area contributed by atoms with Crippen molar-refractivity contribution < 1.29 is 4.79 Å². The molecule has 1 spiro atoms. The number of carbonyl (C=O) groups excluding carboxylic acids is 1. The summed E-state index contributed by atoms with van der Waals surface area (Å²) in [5.41, 5.74) is 0.706. The molecule has 2 aliphatic rings. The molecule has 104 valence electrons. The Labute approximate surface area is 122 Å². The Hall–Kier alpha value is -0.710. The van der Waals surface area contributed by atoms with E-state index in [0.717, 1.165) is 19.4 Å². The number of aromatic amines is 1. The van der Waals surface area contributed by atoms with Gasteiger partial charge in [-0.15, -0.1) is 0 Å². The molecule has 4 nitrogen and oxygen atoms in total. The van der Waals surface area contributed by atoms with Gasteiger partial charge in [-0.3, -0.25) is 4.79 Å². The summed E-state index contributed by atoms with van der Waals surface area (Å²) in [6.07, 6.45) is 5.71. The summed E-state index contributed by atoms with van der Waals surface area (Å²) in [6, 6.07) is 1.80. The molecule has 1 aromatic heterocycles. The molecule has 1 saturated carbocycles. The van der Waals surface area contributed by atoms with Gasteiger partial charge in [0.25, 0.3) is 5.91 Å². The van der Waals surface area contributed by atoms with E-state index >= 15 is 0 Å². The van der Waals surface area contributed by atoms with E-state index in [1.807, 2.05) is 0 Å². The smallest absolute Gasteiger partial charge is 0.268 e. The lowest BCUT2D eigenvalue weighted by Crippen LogP contribution is -2.59. The fourth-order valence-electron chi connectivity index (χ4n) is 3.05. The quantitative estimate of drug-likeness (QED) is 0.787. The molecule has 1 aliphatic carbocycles. The number of halogens is 2. The van der Waals surface area contributed by atoms with Crippen LogP contribution in [0.4, 0.5) is 0 Å². The van der Waals surface area contributed by atoms with E-state index in [0.29, 0.717) is 15.9 Å². The first-order valence-electron chi connectivity index (χ1n) is 6.68. The Bertz CT molecular complexity index is 477. The van der Waals surface area contributed by atoms with Crippen LogP contribution in [0.1, 0.15) is 42.6 Å². The molecular weight excluding hydrogens is 285 g/mol. The maximum absolute atomic E-state index is 12.1. The van der Waals surface area contributed by atoms with Crippen molar-refractivity contribution in [2.75, 3.05) is 6.54 Å². The summed E-state index contributed by atoms with van der Waals surface area (Å²) >= 11 is 11.7. The van der Waals surface area contributed by atoms with Gasteiger partial charge >= 0.3 is 0 Å². The van der Waals surface area contributed by atoms with Gasteiger partial charge in [0.1, 0.15) is 10.8 Å². The van der Waals surface area contributed by atoms with Crippen LogP contribution in [0.15, 0.2) is 6.07 Å². The second kappa shape index (κ2) is 5.00. The van der Waals surface area contributed by atoms with E-state index in [1.54, 1.807) is 6.07 Å². The summed E-state index contributed by atoms with van der Waals surface area (Å²) < 4.78 is 0. The van der Waals surface area contributed by atoms with Crippen LogP contribution in [0.5, 0.6) is 0 Å². The highest BCUT2D eigenvalue weighted by Crippen LogP contribution is 2.38. The standard InChI is InChI=1S/C13H17Cl2N3O/c14-9-6-10(18-11(9)15)12(19)17-8-2-5-16-13(7-8)3-1-4-13/h6,8,16,18H,1-5,7H2,(H,17,19). The van der Waals surface area contributed by atoms with Crippen molar-refractivity contribution in [2.45, 2.75) is 43.7 Å². The normalized spacial score (nSPS) is 25.1. The molecule has 0 radical (unpaired) electrons. The molecule has 2 fully saturated rings. The number of aromatic nitrogens is 1. The van der Waals surface area contributed by atoms with Gasteiger partial charge in [0.15, 0.2) is 0 Å². The largest absolute Gasteiger partial charge is 0.348 e. The molecule has 1 unspecified atom stereocenters. The number of H-pyrrole nitrogens is 1. The zero-order chi connectivity index (χ0) is 13.5. The van der Waals surface area contributed by atoms with E-state index in [-0.39, 0.29) is 17.5 Å². The van der Waals surface area contributed by atoms with Crippen LogP contribution < -0.4 is 10.6 Å². The molecule has 3 rings (SSSR count). The summed E-state index contributed by atoms with van der Waals surface area (Å²) in [7, 11) is 0. The van der Waals surface area contributed by atoms with Gasteiger partial charge in [0, 0.05) is 11.6 Å². The third-order valence-corrected chi connectivity index (χ3v) is 4.94. The molecular formula is C13H17Cl2N3O. The van der Waals surface area contributed by atoms with Crippen molar-refractivity contribution in [3.8, 4) is 0 Å². The molecule has 1 amide bonds. The van der Waals surface area contributed by atoms with E-state index in [4.69, 9.17) is 23.2 Å².